The van der Waals surface area contributed by atoms with Gasteiger partial charge in [0.05, 0.1) is 18.3 Å². The average Bonchev–Trinajstić information content (AvgIpc) is 3.26. The molecule has 2 aromatic carbocycles. The molecule has 0 fully saturated rings. The fourth-order valence-corrected chi connectivity index (χ4v) is 3.36. The number of carbonyl (C=O) groups excluding carboxylic acids is 1. The average molecular weight is 458 g/mol. The van der Waals surface area contributed by atoms with Gasteiger partial charge in [0.1, 0.15) is 11.4 Å². The number of nitrogen functional groups attached to an aromatic ring is 1. The summed E-state index contributed by atoms with van der Waals surface area (Å²) in [6, 6.07) is 16.1. The van der Waals surface area contributed by atoms with Crippen LogP contribution in [0, 0.1) is 0 Å². The van der Waals surface area contributed by atoms with Crippen LogP contribution in [0.2, 0.25) is 0 Å². The Balaban J connectivity index is 1.62. The number of methoxy groups -OCH3 is 1. The SMILES string of the molecule is COc1ccc(NC(=O)Nc2cccc(-c3cn(C(C)(C)C)nc3-c3ccnc(N)n3)c2)cc1. The zero-order chi connectivity index (χ0) is 24.3. The minimum Gasteiger partial charge on any atom is -0.497 e. The maximum absolute atomic E-state index is 12.5. The van der Waals surface area contributed by atoms with E-state index in [4.69, 9.17) is 15.6 Å². The Morgan fingerprint density at radius 1 is 1.03 bits per heavy atom. The highest BCUT2D eigenvalue weighted by atomic mass is 16.5. The second-order valence-corrected chi connectivity index (χ2v) is 8.70. The smallest absolute Gasteiger partial charge is 0.323 e. The zero-order valence-corrected chi connectivity index (χ0v) is 19.5. The molecule has 0 saturated carbocycles. The van der Waals surface area contributed by atoms with E-state index >= 15 is 0 Å². The predicted octanol–water partition coefficient (Wildman–Crippen LogP) is 5.00. The lowest BCUT2D eigenvalue weighted by atomic mass is 10.0. The number of amides is 2. The highest BCUT2D eigenvalue weighted by Gasteiger charge is 2.21. The molecule has 0 spiro atoms. The summed E-state index contributed by atoms with van der Waals surface area (Å²) in [4.78, 5) is 20.9. The number of hydrogen-bond donors (Lipinski definition) is 3. The molecule has 2 heterocycles. The van der Waals surface area contributed by atoms with Crippen LogP contribution in [0.5, 0.6) is 5.75 Å². The van der Waals surface area contributed by atoms with Crippen LogP contribution in [0.25, 0.3) is 22.5 Å². The van der Waals surface area contributed by atoms with E-state index in [0.29, 0.717) is 22.8 Å². The number of nitrogens with two attached hydrogens (primary N) is 1. The van der Waals surface area contributed by atoms with Crippen molar-refractivity contribution in [2.75, 3.05) is 23.5 Å². The van der Waals surface area contributed by atoms with Crippen LogP contribution in [0.15, 0.2) is 67.0 Å². The first kappa shape index (κ1) is 22.8. The van der Waals surface area contributed by atoms with E-state index < -0.39 is 0 Å². The summed E-state index contributed by atoms with van der Waals surface area (Å²) in [5, 5.41) is 10.5. The molecule has 9 heteroatoms. The molecule has 0 aliphatic rings. The molecular formula is C25H27N7O2. The molecule has 34 heavy (non-hydrogen) atoms. The first-order valence-electron chi connectivity index (χ1n) is 10.7. The Morgan fingerprint density at radius 3 is 2.44 bits per heavy atom. The number of anilines is 3. The molecule has 174 valence electrons. The van der Waals surface area contributed by atoms with Gasteiger partial charge in [-0.15, -0.1) is 0 Å². The number of benzene rings is 2. The first-order valence-corrected chi connectivity index (χ1v) is 10.7. The van der Waals surface area contributed by atoms with E-state index in [-0.39, 0.29) is 17.5 Å². The van der Waals surface area contributed by atoms with Gasteiger partial charge in [-0.1, -0.05) is 12.1 Å². The molecule has 2 aromatic heterocycles. The summed E-state index contributed by atoms with van der Waals surface area (Å²) < 4.78 is 7.04. The summed E-state index contributed by atoms with van der Waals surface area (Å²) in [5.74, 6) is 0.898. The summed E-state index contributed by atoms with van der Waals surface area (Å²) >= 11 is 0. The van der Waals surface area contributed by atoms with Crippen molar-refractivity contribution in [3.8, 4) is 28.3 Å². The number of aromatic nitrogens is 4. The third-order valence-electron chi connectivity index (χ3n) is 5.10. The summed E-state index contributed by atoms with van der Waals surface area (Å²) in [6.45, 7) is 6.22. The third-order valence-corrected chi connectivity index (χ3v) is 5.10. The molecule has 0 aliphatic heterocycles. The van der Waals surface area contributed by atoms with E-state index in [1.54, 1.807) is 43.6 Å². The van der Waals surface area contributed by atoms with Crippen LogP contribution in [-0.4, -0.2) is 32.9 Å². The Morgan fingerprint density at radius 2 is 1.76 bits per heavy atom. The number of nitrogens with one attached hydrogen (secondary N) is 2. The molecule has 0 atom stereocenters. The molecule has 2 amide bonds. The highest BCUT2D eigenvalue weighted by molar-refractivity contribution is 6.00. The molecule has 0 radical (unpaired) electrons. The summed E-state index contributed by atoms with van der Waals surface area (Å²) in [7, 11) is 1.60. The lowest BCUT2D eigenvalue weighted by Crippen LogP contribution is -2.22. The van der Waals surface area contributed by atoms with Crippen LogP contribution in [0.4, 0.5) is 22.1 Å². The zero-order valence-electron chi connectivity index (χ0n) is 19.5. The van der Waals surface area contributed by atoms with Crippen LogP contribution < -0.4 is 21.1 Å². The van der Waals surface area contributed by atoms with E-state index in [9.17, 15) is 4.79 Å². The van der Waals surface area contributed by atoms with E-state index in [2.05, 4.69) is 41.4 Å². The van der Waals surface area contributed by atoms with Crippen LogP contribution in [-0.2, 0) is 5.54 Å². The maximum Gasteiger partial charge on any atom is 0.323 e. The van der Waals surface area contributed by atoms with Crippen molar-refractivity contribution < 1.29 is 9.53 Å². The van der Waals surface area contributed by atoms with Crippen molar-refractivity contribution in [1.29, 1.82) is 0 Å². The van der Waals surface area contributed by atoms with Crippen molar-refractivity contribution in [3.63, 3.8) is 0 Å². The van der Waals surface area contributed by atoms with E-state index in [0.717, 1.165) is 16.9 Å². The number of nitrogens with zero attached hydrogens (tertiary/aromatic N) is 4. The fraction of sp³-hybridized carbons (Fsp3) is 0.200. The van der Waals surface area contributed by atoms with Gasteiger partial charge in [0.25, 0.3) is 0 Å². The molecule has 4 N–H and O–H groups in total. The van der Waals surface area contributed by atoms with Gasteiger partial charge in [-0.2, -0.15) is 5.10 Å². The number of hydrogen-bond acceptors (Lipinski definition) is 6. The predicted molar refractivity (Wildman–Crippen MR) is 134 cm³/mol. The molecule has 4 rings (SSSR count). The number of ether oxygens (including phenoxy) is 1. The second kappa shape index (κ2) is 9.22. The second-order valence-electron chi connectivity index (χ2n) is 8.70. The Kier molecular flexibility index (Phi) is 6.18. The monoisotopic (exact) mass is 457 g/mol. The number of rotatable bonds is 5. The molecule has 0 unspecified atom stereocenters. The van der Waals surface area contributed by atoms with Gasteiger partial charge < -0.3 is 21.1 Å². The van der Waals surface area contributed by atoms with Crippen molar-refractivity contribution in [2.45, 2.75) is 26.3 Å². The van der Waals surface area contributed by atoms with E-state index in [1.165, 1.54) is 0 Å². The molecule has 0 bridgehead atoms. The first-order chi connectivity index (χ1) is 16.2. The molecular weight excluding hydrogens is 430 g/mol. The quantitative estimate of drug-likeness (QED) is 0.388. The van der Waals surface area contributed by atoms with Crippen LogP contribution in [0.1, 0.15) is 20.8 Å². The van der Waals surface area contributed by atoms with Crippen molar-refractivity contribution in [1.82, 2.24) is 19.7 Å². The van der Waals surface area contributed by atoms with Gasteiger partial charge in [-0.25, -0.2) is 14.8 Å². The molecule has 9 nitrogen and oxygen atoms in total. The fourth-order valence-electron chi connectivity index (χ4n) is 3.36. The number of urea groups is 1. The lowest BCUT2D eigenvalue weighted by molar-refractivity contribution is 0.262. The Bertz CT molecular complexity index is 1310. The van der Waals surface area contributed by atoms with Crippen molar-refractivity contribution in [2.24, 2.45) is 0 Å². The normalized spacial score (nSPS) is 11.2. The number of carbonyl (C=O) groups is 1. The van der Waals surface area contributed by atoms with Crippen molar-refractivity contribution in [3.05, 3.63) is 67.0 Å². The minimum atomic E-state index is -0.350. The minimum absolute atomic E-state index is 0.180. The Hall–Kier alpha value is -4.40. The van der Waals surface area contributed by atoms with Gasteiger partial charge >= 0.3 is 6.03 Å². The topological polar surface area (TPSA) is 120 Å². The highest BCUT2D eigenvalue weighted by Crippen LogP contribution is 2.33. The largest absolute Gasteiger partial charge is 0.497 e. The van der Waals surface area contributed by atoms with Crippen LogP contribution in [0.3, 0.4) is 0 Å². The maximum atomic E-state index is 12.5. The van der Waals surface area contributed by atoms with Gasteiger partial charge in [-0.3, -0.25) is 4.68 Å². The lowest BCUT2D eigenvalue weighted by Gasteiger charge is -2.18. The standard InChI is InChI=1S/C25H27N7O2/c1-25(2,3)32-15-20(22(31-32)21-12-13-27-23(26)30-21)16-6-5-7-18(14-16)29-24(33)28-17-8-10-19(34-4)11-9-17/h5-15H,1-4H3,(H2,26,27,30)(H2,28,29,33). The molecule has 0 saturated heterocycles. The molecule has 4 aromatic rings. The van der Waals surface area contributed by atoms with Gasteiger partial charge in [0.2, 0.25) is 5.95 Å². The van der Waals surface area contributed by atoms with Crippen molar-refractivity contribution >= 4 is 23.4 Å². The molecule has 0 aliphatic carbocycles. The summed E-state index contributed by atoms with van der Waals surface area (Å²) in [6.07, 6.45) is 3.59. The van der Waals surface area contributed by atoms with E-state index in [1.807, 2.05) is 35.1 Å². The van der Waals surface area contributed by atoms with Gasteiger partial charge in [0.15, 0.2) is 0 Å². The third kappa shape index (κ3) is 5.15. The van der Waals surface area contributed by atoms with Gasteiger partial charge in [-0.05, 0) is 68.8 Å². The van der Waals surface area contributed by atoms with Gasteiger partial charge in [0, 0.05) is 29.3 Å². The van der Waals surface area contributed by atoms with Crippen LogP contribution >= 0.6 is 0 Å². The Labute approximate surface area is 198 Å². The summed E-state index contributed by atoms with van der Waals surface area (Å²) in [5.41, 5.74) is 9.93.